The van der Waals surface area contributed by atoms with Crippen molar-refractivity contribution < 1.29 is 19.1 Å². The van der Waals surface area contributed by atoms with Crippen LogP contribution in [0.2, 0.25) is 0 Å². The second kappa shape index (κ2) is 7.21. The number of nitrogens with zero attached hydrogens (tertiary/aromatic N) is 2. The first-order chi connectivity index (χ1) is 11.5. The molecule has 0 unspecified atom stereocenters. The molecule has 1 saturated carbocycles. The van der Waals surface area contributed by atoms with Crippen LogP contribution in [0.15, 0.2) is 28.8 Å². The number of benzene rings is 1. The maximum atomic E-state index is 10.5. The molecule has 1 aliphatic rings. The molecule has 0 bridgehead atoms. The highest BCUT2D eigenvalue weighted by Gasteiger charge is 2.32. The quantitative estimate of drug-likeness (QED) is 0.875. The number of rotatable bonds is 6. The summed E-state index contributed by atoms with van der Waals surface area (Å²) in [5, 5.41) is 14.3. The Kier molecular flexibility index (Phi) is 5.04. The van der Waals surface area contributed by atoms with E-state index in [9.17, 15) is 5.11 Å². The second-order valence-electron chi connectivity index (χ2n) is 6.69. The van der Waals surface area contributed by atoms with Crippen LogP contribution in [0.25, 0.3) is 0 Å². The van der Waals surface area contributed by atoms with Crippen LogP contribution in [0.1, 0.15) is 44.3 Å². The summed E-state index contributed by atoms with van der Waals surface area (Å²) in [6.45, 7) is 4.56. The second-order valence-corrected chi connectivity index (χ2v) is 6.69. The zero-order valence-corrected chi connectivity index (χ0v) is 14.2. The molecular weight excluding hydrogens is 308 g/mol. The molecular formula is C18H24N2O4. The minimum Gasteiger partial charge on any atom is -0.491 e. The Bertz CT molecular complexity index is 645. The van der Waals surface area contributed by atoms with E-state index < -0.39 is 5.60 Å². The van der Waals surface area contributed by atoms with E-state index in [0.29, 0.717) is 30.0 Å². The van der Waals surface area contributed by atoms with Gasteiger partial charge >= 0.3 is 0 Å². The summed E-state index contributed by atoms with van der Waals surface area (Å²) in [6.07, 6.45) is 3.72. The van der Waals surface area contributed by atoms with Crippen molar-refractivity contribution in [2.45, 2.75) is 51.7 Å². The molecule has 0 saturated heterocycles. The largest absolute Gasteiger partial charge is 0.491 e. The van der Waals surface area contributed by atoms with Crippen LogP contribution >= 0.6 is 0 Å². The number of aryl methyl sites for hydroxylation is 1. The molecule has 130 valence electrons. The maximum absolute atomic E-state index is 10.5. The minimum atomic E-state index is -0.697. The van der Waals surface area contributed by atoms with Crippen molar-refractivity contribution in [3.8, 4) is 11.5 Å². The Hall–Kier alpha value is -2.08. The molecule has 2 aromatic rings. The number of hydrogen-bond donors (Lipinski definition) is 1. The highest BCUT2D eigenvalue weighted by Crippen LogP contribution is 2.32. The van der Waals surface area contributed by atoms with Crippen LogP contribution in [-0.4, -0.2) is 27.5 Å². The molecule has 6 nitrogen and oxygen atoms in total. The molecule has 6 heteroatoms. The van der Waals surface area contributed by atoms with E-state index >= 15 is 0 Å². The highest BCUT2D eigenvalue weighted by molar-refractivity contribution is 5.31. The molecule has 24 heavy (non-hydrogen) atoms. The van der Waals surface area contributed by atoms with E-state index in [1.54, 1.807) is 6.92 Å². The van der Waals surface area contributed by atoms with Crippen LogP contribution in [0.5, 0.6) is 11.5 Å². The lowest BCUT2D eigenvalue weighted by Gasteiger charge is -2.34. The third-order valence-corrected chi connectivity index (χ3v) is 4.47. The molecule has 1 aromatic heterocycles. The van der Waals surface area contributed by atoms with Crippen molar-refractivity contribution in [1.82, 2.24) is 10.1 Å². The molecule has 1 fully saturated rings. The number of aliphatic hydroxyl groups is 1. The molecule has 1 aliphatic carbocycles. The van der Waals surface area contributed by atoms with Gasteiger partial charge in [0.05, 0.1) is 5.60 Å². The van der Waals surface area contributed by atoms with E-state index in [-0.39, 0.29) is 6.61 Å². The van der Waals surface area contributed by atoms with E-state index in [1.807, 2.05) is 24.3 Å². The maximum Gasteiger partial charge on any atom is 0.264 e. The summed E-state index contributed by atoms with van der Waals surface area (Å²) < 4.78 is 16.3. The molecule has 1 heterocycles. The molecule has 1 N–H and O–H groups in total. The summed E-state index contributed by atoms with van der Waals surface area (Å²) >= 11 is 0. The van der Waals surface area contributed by atoms with Crippen LogP contribution in [-0.2, 0) is 6.61 Å². The minimum absolute atomic E-state index is 0.235. The van der Waals surface area contributed by atoms with Crippen LogP contribution in [0.4, 0.5) is 0 Å². The predicted molar refractivity (Wildman–Crippen MR) is 87.9 cm³/mol. The fourth-order valence-electron chi connectivity index (χ4n) is 2.84. The van der Waals surface area contributed by atoms with Gasteiger partial charge in [-0.05, 0) is 62.8 Å². The Morgan fingerprint density at radius 1 is 1.17 bits per heavy atom. The lowest BCUT2D eigenvalue weighted by molar-refractivity contribution is -0.0424. The molecule has 0 aliphatic heterocycles. The van der Waals surface area contributed by atoms with Gasteiger partial charge in [-0.1, -0.05) is 12.1 Å². The van der Waals surface area contributed by atoms with E-state index in [0.717, 1.165) is 31.4 Å². The lowest BCUT2D eigenvalue weighted by Crippen LogP contribution is -2.39. The lowest BCUT2D eigenvalue weighted by atomic mass is 9.80. The third kappa shape index (κ3) is 4.47. The Labute approximate surface area is 141 Å². The highest BCUT2D eigenvalue weighted by atomic mass is 16.5. The van der Waals surface area contributed by atoms with E-state index in [4.69, 9.17) is 14.0 Å². The molecule has 0 amide bonds. The van der Waals surface area contributed by atoms with Crippen molar-refractivity contribution in [3.63, 3.8) is 0 Å². The van der Waals surface area contributed by atoms with Crippen LogP contribution in [0.3, 0.4) is 0 Å². The van der Waals surface area contributed by atoms with Gasteiger partial charge in [-0.15, -0.1) is 0 Å². The van der Waals surface area contributed by atoms with E-state index in [2.05, 4.69) is 17.1 Å². The van der Waals surface area contributed by atoms with Gasteiger partial charge in [-0.25, -0.2) is 0 Å². The molecule has 3 rings (SSSR count). The number of hydrogen-bond acceptors (Lipinski definition) is 6. The van der Waals surface area contributed by atoms with Gasteiger partial charge in [0.2, 0.25) is 0 Å². The van der Waals surface area contributed by atoms with Crippen molar-refractivity contribution in [2.75, 3.05) is 6.61 Å². The normalized spacial score (nSPS) is 23.9. The van der Waals surface area contributed by atoms with Crippen LogP contribution < -0.4 is 9.47 Å². The van der Waals surface area contributed by atoms with Gasteiger partial charge in [0.1, 0.15) is 18.1 Å². The monoisotopic (exact) mass is 332 g/mol. The third-order valence-electron chi connectivity index (χ3n) is 4.47. The molecule has 1 aromatic carbocycles. The van der Waals surface area contributed by atoms with Crippen LogP contribution in [0, 0.1) is 12.8 Å². The van der Waals surface area contributed by atoms with Gasteiger partial charge in [0.25, 0.3) is 5.89 Å². The molecule has 0 radical (unpaired) electrons. The Balaban J connectivity index is 1.47. The van der Waals surface area contributed by atoms with Crippen molar-refractivity contribution in [1.29, 1.82) is 0 Å². The van der Waals surface area contributed by atoms with Gasteiger partial charge < -0.3 is 19.1 Å². The van der Waals surface area contributed by atoms with Gasteiger partial charge in [0.15, 0.2) is 12.4 Å². The molecule has 0 spiro atoms. The number of aromatic nitrogens is 2. The summed E-state index contributed by atoms with van der Waals surface area (Å²) in [5.41, 5.74) is -0.697. The standard InChI is InChI=1S/C18H24N2O4/c1-13-7-9-18(21,10-8-13)12-23-16-5-3-15(4-6-16)22-11-17-19-14(2)20-24-17/h3-6,13,21H,7-12H2,1-2H3. The van der Waals surface area contributed by atoms with Gasteiger partial charge in [0, 0.05) is 0 Å². The van der Waals surface area contributed by atoms with E-state index in [1.165, 1.54) is 0 Å². The number of ether oxygens (including phenoxy) is 2. The van der Waals surface area contributed by atoms with Crippen molar-refractivity contribution in [2.24, 2.45) is 5.92 Å². The average molecular weight is 332 g/mol. The summed E-state index contributed by atoms with van der Waals surface area (Å²) in [5.74, 6) is 3.16. The topological polar surface area (TPSA) is 77.6 Å². The molecule has 0 atom stereocenters. The predicted octanol–water partition coefficient (Wildman–Crippen LogP) is 3.28. The Morgan fingerprint density at radius 3 is 2.38 bits per heavy atom. The van der Waals surface area contributed by atoms with Gasteiger partial charge in [-0.2, -0.15) is 4.98 Å². The average Bonchev–Trinajstić information content (AvgIpc) is 3.01. The fraction of sp³-hybridized carbons (Fsp3) is 0.556. The SMILES string of the molecule is Cc1noc(COc2ccc(OCC3(O)CCC(C)CC3)cc2)n1. The van der Waals surface area contributed by atoms with Gasteiger partial charge in [-0.3, -0.25) is 0 Å². The fourth-order valence-corrected chi connectivity index (χ4v) is 2.84. The Morgan fingerprint density at radius 2 is 1.79 bits per heavy atom. The first kappa shape index (κ1) is 16.8. The van der Waals surface area contributed by atoms with Crippen molar-refractivity contribution >= 4 is 0 Å². The zero-order valence-electron chi connectivity index (χ0n) is 14.2. The summed E-state index contributed by atoms with van der Waals surface area (Å²) in [6, 6.07) is 7.32. The first-order valence-corrected chi connectivity index (χ1v) is 8.40. The smallest absolute Gasteiger partial charge is 0.264 e. The summed E-state index contributed by atoms with van der Waals surface area (Å²) in [7, 11) is 0. The summed E-state index contributed by atoms with van der Waals surface area (Å²) in [4.78, 5) is 4.08. The van der Waals surface area contributed by atoms with Crippen molar-refractivity contribution in [3.05, 3.63) is 36.0 Å². The first-order valence-electron chi connectivity index (χ1n) is 8.40. The zero-order chi connectivity index (χ0) is 17.0.